The van der Waals surface area contributed by atoms with Crippen molar-refractivity contribution in [1.82, 2.24) is 0 Å². The van der Waals surface area contributed by atoms with Gasteiger partial charge in [0.05, 0.1) is 0 Å². The maximum absolute atomic E-state index is 2.31. The molecule has 0 spiro atoms. The molecule has 1 heterocycles. The molecule has 17 heavy (non-hydrogen) atoms. The molecule has 3 unspecified atom stereocenters. The van der Waals surface area contributed by atoms with Crippen LogP contribution in [0.25, 0.3) is 0 Å². The minimum Gasteiger partial charge on any atom is -0.149 e. The van der Waals surface area contributed by atoms with Gasteiger partial charge >= 0.3 is 0 Å². The van der Waals surface area contributed by atoms with Crippen LogP contribution in [0.1, 0.15) is 43.4 Å². The SMILES string of the molecule is c1csc(CCC2[C]3CC4CC(C3)CC2C4)c1. The van der Waals surface area contributed by atoms with Crippen LogP contribution in [0.2, 0.25) is 0 Å². The smallest absolute Gasteiger partial charge is 0.00453 e. The van der Waals surface area contributed by atoms with Crippen LogP contribution in [0.5, 0.6) is 0 Å². The van der Waals surface area contributed by atoms with Gasteiger partial charge in [0.1, 0.15) is 0 Å². The predicted octanol–water partition coefficient (Wildman–Crippen LogP) is 4.71. The molecule has 0 aromatic carbocycles. The van der Waals surface area contributed by atoms with Crippen molar-refractivity contribution in [2.24, 2.45) is 23.7 Å². The molecule has 4 aliphatic carbocycles. The molecule has 4 bridgehead atoms. The third-order valence-electron chi connectivity index (χ3n) is 5.42. The van der Waals surface area contributed by atoms with E-state index in [1.807, 2.05) is 17.3 Å². The molecule has 5 rings (SSSR count). The summed E-state index contributed by atoms with van der Waals surface area (Å²) in [7, 11) is 0. The second kappa shape index (κ2) is 4.12. The molecule has 0 saturated heterocycles. The molecule has 3 atom stereocenters. The van der Waals surface area contributed by atoms with Gasteiger partial charge in [0, 0.05) is 4.88 Å². The lowest BCUT2D eigenvalue weighted by Gasteiger charge is -2.54. The topological polar surface area (TPSA) is 0 Å². The average Bonchev–Trinajstić information content (AvgIpc) is 2.80. The Morgan fingerprint density at radius 2 is 1.94 bits per heavy atom. The first-order valence-electron chi connectivity index (χ1n) is 7.25. The summed E-state index contributed by atoms with van der Waals surface area (Å²) in [4.78, 5) is 1.60. The molecule has 1 aromatic rings. The molecule has 4 saturated carbocycles. The summed E-state index contributed by atoms with van der Waals surface area (Å²) < 4.78 is 0. The van der Waals surface area contributed by atoms with Crippen LogP contribution in [0, 0.1) is 29.6 Å². The molecule has 4 fully saturated rings. The van der Waals surface area contributed by atoms with E-state index in [1.165, 1.54) is 25.7 Å². The zero-order chi connectivity index (χ0) is 11.2. The molecule has 1 heteroatoms. The van der Waals surface area contributed by atoms with E-state index >= 15 is 0 Å². The lowest BCUT2D eigenvalue weighted by molar-refractivity contribution is 0.0391. The van der Waals surface area contributed by atoms with Crippen LogP contribution in [0.15, 0.2) is 17.5 Å². The molecule has 0 amide bonds. The summed E-state index contributed by atoms with van der Waals surface area (Å²) in [6.45, 7) is 0. The van der Waals surface area contributed by atoms with Crippen molar-refractivity contribution in [2.75, 3.05) is 0 Å². The minimum atomic E-state index is 1.00. The second-order valence-corrected chi connectivity index (χ2v) is 7.52. The summed E-state index contributed by atoms with van der Waals surface area (Å²) >= 11 is 1.94. The molecule has 0 nitrogen and oxygen atoms in total. The highest BCUT2D eigenvalue weighted by molar-refractivity contribution is 7.09. The first-order chi connectivity index (χ1) is 8.38. The van der Waals surface area contributed by atoms with E-state index in [2.05, 4.69) is 17.5 Å². The van der Waals surface area contributed by atoms with Crippen molar-refractivity contribution in [3.63, 3.8) is 0 Å². The van der Waals surface area contributed by atoms with Crippen molar-refractivity contribution in [3.05, 3.63) is 28.3 Å². The van der Waals surface area contributed by atoms with Crippen LogP contribution in [0.3, 0.4) is 0 Å². The van der Waals surface area contributed by atoms with E-state index in [-0.39, 0.29) is 0 Å². The van der Waals surface area contributed by atoms with Crippen molar-refractivity contribution in [1.29, 1.82) is 0 Å². The van der Waals surface area contributed by atoms with Crippen molar-refractivity contribution in [3.8, 4) is 0 Å². The van der Waals surface area contributed by atoms with Gasteiger partial charge in [0.15, 0.2) is 0 Å². The Morgan fingerprint density at radius 1 is 1.12 bits per heavy atom. The van der Waals surface area contributed by atoms with Gasteiger partial charge in [-0.3, -0.25) is 0 Å². The summed E-state index contributed by atoms with van der Waals surface area (Å²) in [6.07, 6.45) is 10.5. The normalized spacial score (nSPS) is 40.0. The molecule has 4 aliphatic rings. The molecular weight excluding hydrogens is 224 g/mol. The van der Waals surface area contributed by atoms with Gasteiger partial charge in [0.2, 0.25) is 0 Å². The number of rotatable bonds is 3. The molecule has 0 N–H and O–H groups in total. The molecule has 1 radical (unpaired) electrons. The highest BCUT2D eigenvalue weighted by atomic mass is 32.1. The zero-order valence-corrected chi connectivity index (χ0v) is 11.2. The van der Waals surface area contributed by atoms with Crippen LogP contribution in [-0.2, 0) is 6.42 Å². The first kappa shape index (κ1) is 10.6. The van der Waals surface area contributed by atoms with E-state index in [1.54, 1.807) is 24.1 Å². The van der Waals surface area contributed by atoms with Gasteiger partial charge in [-0.15, -0.1) is 11.3 Å². The second-order valence-electron chi connectivity index (χ2n) is 6.49. The number of hydrogen-bond acceptors (Lipinski definition) is 1. The monoisotopic (exact) mass is 245 g/mol. The third kappa shape index (κ3) is 1.87. The number of thiophene rings is 1. The van der Waals surface area contributed by atoms with Crippen LogP contribution >= 0.6 is 11.3 Å². The molecular formula is C16H21S. The Hall–Kier alpha value is -0.300. The third-order valence-corrected chi connectivity index (χ3v) is 6.35. The Kier molecular flexibility index (Phi) is 2.57. The summed E-state index contributed by atoms with van der Waals surface area (Å²) in [5.74, 6) is 6.26. The molecule has 1 aromatic heterocycles. The van der Waals surface area contributed by atoms with Gasteiger partial charge in [-0.2, -0.15) is 0 Å². The number of aryl methyl sites for hydroxylation is 1. The molecule has 91 valence electrons. The van der Waals surface area contributed by atoms with Gasteiger partial charge in [-0.25, -0.2) is 0 Å². The zero-order valence-electron chi connectivity index (χ0n) is 10.4. The summed E-state index contributed by atoms with van der Waals surface area (Å²) in [6, 6.07) is 4.51. The maximum atomic E-state index is 2.31. The highest BCUT2D eigenvalue weighted by Gasteiger charge is 2.47. The summed E-state index contributed by atoms with van der Waals surface area (Å²) in [5.41, 5.74) is 0. The van der Waals surface area contributed by atoms with E-state index in [9.17, 15) is 0 Å². The highest BCUT2D eigenvalue weighted by Crippen LogP contribution is 2.58. The predicted molar refractivity (Wildman–Crippen MR) is 72.9 cm³/mol. The fourth-order valence-corrected chi connectivity index (χ4v) is 5.66. The van der Waals surface area contributed by atoms with Crippen LogP contribution in [0.4, 0.5) is 0 Å². The fraction of sp³-hybridized carbons (Fsp3) is 0.688. The standard InChI is InChI=1S/C16H21S/c1-2-15(17-5-1)3-4-16-13-7-11-6-12(9-13)10-14(16)8-11/h1-2,5,11-13,16H,3-4,6-10H2. The van der Waals surface area contributed by atoms with Crippen molar-refractivity contribution in [2.45, 2.75) is 44.9 Å². The van der Waals surface area contributed by atoms with E-state index < -0.39 is 0 Å². The fourth-order valence-electron chi connectivity index (χ4n) is 4.93. The Balaban J connectivity index is 1.44. The van der Waals surface area contributed by atoms with Crippen molar-refractivity contribution >= 4 is 11.3 Å². The van der Waals surface area contributed by atoms with E-state index in [4.69, 9.17) is 0 Å². The Bertz CT molecular complexity index is 350. The van der Waals surface area contributed by atoms with Crippen LogP contribution in [-0.4, -0.2) is 0 Å². The number of hydrogen-bond donors (Lipinski definition) is 0. The Morgan fingerprint density at radius 3 is 2.59 bits per heavy atom. The lowest BCUT2D eigenvalue weighted by Crippen LogP contribution is -2.44. The maximum Gasteiger partial charge on any atom is 0.00453 e. The Labute approximate surface area is 108 Å². The van der Waals surface area contributed by atoms with Gasteiger partial charge in [-0.05, 0) is 86.0 Å². The lowest BCUT2D eigenvalue weighted by atomic mass is 9.51. The van der Waals surface area contributed by atoms with Crippen molar-refractivity contribution < 1.29 is 0 Å². The molecule has 0 aliphatic heterocycles. The quantitative estimate of drug-likeness (QED) is 0.723. The van der Waals surface area contributed by atoms with E-state index in [0.717, 1.165) is 23.7 Å². The van der Waals surface area contributed by atoms with Crippen LogP contribution < -0.4 is 0 Å². The largest absolute Gasteiger partial charge is 0.149 e. The van der Waals surface area contributed by atoms with Gasteiger partial charge < -0.3 is 0 Å². The van der Waals surface area contributed by atoms with Gasteiger partial charge in [0.25, 0.3) is 0 Å². The minimum absolute atomic E-state index is 1.00. The van der Waals surface area contributed by atoms with Gasteiger partial charge in [-0.1, -0.05) is 6.07 Å². The first-order valence-corrected chi connectivity index (χ1v) is 8.13. The van der Waals surface area contributed by atoms with E-state index in [0.29, 0.717) is 0 Å². The average molecular weight is 245 g/mol. The summed E-state index contributed by atoms with van der Waals surface area (Å²) in [5, 5.41) is 2.22.